The molecule has 1 aliphatic heterocycles. The number of anilines is 4. The fourth-order valence-corrected chi connectivity index (χ4v) is 2.87. The first kappa shape index (κ1) is 15.5. The van der Waals surface area contributed by atoms with Crippen LogP contribution in [0.3, 0.4) is 0 Å². The van der Waals surface area contributed by atoms with Crippen molar-refractivity contribution in [1.29, 1.82) is 0 Å². The van der Waals surface area contributed by atoms with E-state index in [9.17, 15) is 0 Å². The minimum Gasteiger partial charge on any atom is -0.393 e. The van der Waals surface area contributed by atoms with Crippen LogP contribution in [0, 0.1) is 6.92 Å². The van der Waals surface area contributed by atoms with Crippen molar-refractivity contribution in [2.45, 2.75) is 25.8 Å². The largest absolute Gasteiger partial charge is 0.393 e. The monoisotopic (exact) mass is 317 g/mol. The smallest absolute Gasteiger partial charge is 0.175 e. The van der Waals surface area contributed by atoms with Crippen molar-refractivity contribution < 1.29 is 4.52 Å². The van der Waals surface area contributed by atoms with E-state index < -0.39 is 0 Å². The Kier molecular flexibility index (Phi) is 4.33. The standard InChI is InChI=1S/C15H23N7O/c1-10-8-12(20-23-10)19-14-13(16)15(18-9-17-14)22(3)11-4-6-21(2)7-5-11/h8-9,11H,4-7,16H2,1-3H3,(H,17,18,19,20). The third-order valence-corrected chi connectivity index (χ3v) is 4.31. The van der Waals surface area contributed by atoms with Crippen LogP contribution in [0.2, 0.25) is 0 Å². The third kappa shape index (κ3) is 3.37. The van der Waals surface area contributed by atoms with Crippen molar-refractivity contribution >= 4 is 23.1 Å². The molecule has 8 heteroatoms. The number of nitrogens with zero attached hydrogens (tertiary/aromatic N) is 5. The van der Waals surface area contributed by atoms with Gasteiger partial charge in [-0.1, -0.05) is 5.16 Å². The molecule has 2 aromatic heterocycles. The molecule has 0 saturated carbocycles. The van der Waals surface area contributed by atoms with Crippen molar-refractivity contribution in [3.8, 4) is 0 Å². The van der Waals surface area contributed by atoms with Gasteiger partial charge in [0.1, 0.15) is 17.8 Å². The maximum atomic E-state index is 6.27. The highest BCUT2D eigenvalue weighted by molar-refractivity contribution is 5.77. The van der Waals surface area contributed by atoms with Gasteiger partial charge in [-0.05, 0) is 39.9 Å². The molecule has 1 fully saturated rings. The second-order valence-corrected chi connectivity index (χ2v) is 6.05. The lowest BCUT2D eigenvalue weighted by Crippen LogP contribution is -2.42. The molecule has 0 radical (unpaired) electrons. The molecular weight excluding hydrogens is 294 g/mol. The highest BCUT2D eigenvalue weighted by Gasteiger charge is 2.24. The van der Waals surface area contributed by atoms with Gasteiger partial charge in [0.15, 0.2) is 17.5 Å². The predicted octanol–water partition coefficient (Wildman–Crippen LogP) is 1.63. The second-order valence-electron chi connectivity index (χ2n) is 6.05. The summed E-state index contributed by atoms with van der Waals surface area (Å²) < 4.78 is 5.05. The average Bonchev–Trinajstić information content (AvgIpc) is 2.95. The first-order valence-corrected chi connectivity index (χ1v) is 7.77. The van der Waals surface area contributed by atoms with Crippen LogP contribution in [-0.4, -0.2) is 53.3 Å². The number of likely N-dealkylation sites (tertiary alicyclic amines) is 1. The number of aryl methyl sites for hydroxylation is 1. The molecule has 0 unspecified atom stereocenters. The van der Waals surface area contributed by atoms with E-state index >= 15 is 0 Å². The first-order valence-electron chi connectivity index (χ1n) is 7.77. The van der Waals surface area contributed by atoms with Gasteiger partial charge < -0.3 is 25.4 Å². The summed E-state index contributed by atoms with van der Waals surface area (Å²) in [6.45, 7) is 4.01. The van der Waals surface area contributed by atoms with E-state index in [0.717, 1.165) is 37.5 Å². The number of nitrogens with two attached hydrogens (primary N) is 1. The fourth-order valence-electron chi connectivity index (χ4n) is 2.87. The van der Waals surface area contributed by atoms with E-state index in [1.54, 1.807) is 6.07 Å². The van der Waals surface area contributed by atoms with Gasteiger partial charge in [-0.3, -0.25) is 0 Å². The highest BCUT2D eigenvalue weighted by Crippen LogP contribution is 2.30. The number of aromatic nitrogens is 3. The number of rotatable bonds is 4. The van der Waals surface area contributed by atoms with Gasteiger partial charge in [0, 0.05) is 19.2 Å². The van der Waals surface area contributed by atoms with Crippen LogP contribution in [0.1, 0.15) is 18.6 Å². The van der Waals surface area contributed by atoms with Crippen LogP contribution in [0.5, 0.6) is 0 Å². The highest BCUT2D eigenvalue weighted by atomic mass is 16.5. The third-order valence-electron chi connectivity index (χ3n) is 4.31. The van der Waals surface area contributed by atoms with Crippen LogP contribution in [0.25, 0.3) is 0 Å². The molecule has 0 aromatic carbocycles. The van der Waals surface area contributed by atoms with Crippen molar-refractivity contribution in [2.75, 3.05) is 43.1 Å². The topological polar surface area (TPSA) is 96.3 Å². The molecule has 23 heavy (non-hydrogen) atoms. The number of hydrogen-bond donors (Lipinski definition) is 2. The van der Waals surface area contributed by atoms with E-state index in [0.29, 0.717) is 23.4 Å². The summed E-state index contributed by atoms with van der Waals surface area (Å²) in [5.41, 5.74) is 6.80. The van der Waals surface area contributed by atoms with Gasteiger partial charge in [-0.2, -0.15) is 0 Å². The van der Waals surface area contributed by atoms with E-state index in [4.69, 9.17) is 10.3 Å². The van der Waals surface area contributed by atoms with Crippen LogP contribution in [0.4, 0.5) is 23.1 Å². The van der Waals surface area contributed by atoms with E-state index in [1.807, 2.05) is 14.0 Å². The molecule has 3 N–H and O–H groups in total. The summed E-state index contributed by atoms with van der Waals surface area (Å²) >= 11 is 0. The van der Waals surface area contributed by atoms with Gasteiger partial charge in [0.2, 0.25) is 0 Å². The minimum absolute atomic E-state index is 0.436. The SMILES string of the molecule is Cc1cc(Nc2ncnc(N(C)C3CCN(C)CC3)c2N)no1. The van der Waals surface area contributed by atoms with Gasteiger partial charge in [0.25, 0.3) is 0 Å². The predicted molar refractivity (Wildman–Crippen MR) is 89.9 cm³/mol. The molecule has 1 aliphatic rings. The first-order chi connectivity index (χ1) is 11.0. The Morgan fingerprint density at radius 2 is 2.09 bits per heavy atom. The van der Waals surface area contributed by atoms with E-state index in [-0.39, 0.29) is 0 Å². The number of nitrogens with one attached hydrogen (secondary N) is 1. The molecule has 3 heterocycles. The molecule has 0 spiro atoms. The van der Waals surface area contributed by atoms with Gasteiger partial charge in [-0.25, -0.2) is 9.97 Å². The summed E-state index contributed by atoms with van der Waals surface area (Å²) in [5.74, 6) is 2.60. The summed E-state index contributed by atoms with van der Waals surface area (Å²) in [7, 11) is 4.19. The van der Waals surface area contributed by atoms with Gasteiger partial charge in [0.05, 0.1) is 0 Å². The molecule has 0 atom stereocenters. The van der Waals surface area contributed by atoms with Crippen molar-refractivity contribution in [3.63, 3.8) is 0 Å². The molecule has 2 aromatic rings. The average molecular weight is 317 g/mol. The summed E-state index contributed by atoms with van der Waals surface area (Å²) in [4.78, 5) is 13.1. The summed E-state index contributed by atoms with van der Waals surface area (Å²) in [6, 6.07) is 2.23. The Balaban J connectivity index is 1.78. The fraction of sp³-hybridized carbons (Fsp3) is 0.533. The minimum atomic E-state index is 0.436. The summed E-state index contributed by atoms with van der Waals surface area (Å²) in [6.07, 6.45) is 3.72. The Hall–Kier alpha value is -2.35. The lowest BCUT2D eigenvalue weighted by Gasteiger charge is -2.36. The molecule has 0 aliphatic carbocycles. The van der Waals surface area contributed by atoms with Crippen LogP contribution < -0.4 is 16.0 Å². The maximum Gasteiger partial charge on any atom is 0.175 e. The zero-order valence-electron chi connectivity index (χ0n) is 13.8. The van der Waals surface area contributed by atoms with Gasteiger partial charge >= 0.3 is 0 Å². The Labute approximate surface area is 135 Å². The lowest BCUT2D eigenvalue weighted by atomic mass is 10.0. The number of nitrogen functional groups attached to an aromatic ring is 1. The van der Waals surface area contributed by atoms with Crippen molar-refractivity contribution in [3.05, 3.63) is 18.2 Å². The van der Waals surface area contributed by atoms with Crippen molar-refractivity contribution in [1.82, 2.24) is 20.0 Å². The van der Waals surface area contributed by atoms with Crippen LogP contribution in [-0.2, 0) is 0 Å². The Morgan fingerprint density at radius 3 is 2.74 bits per heavy atom. The number of hydrogen-bond acceptors (Lipinski definition) is 8. The molecule has 0 bridgehead atoms. The molecule has 0 amide bonds. The molecule has 1 saturated heterocycles. The van der Waals surface area contributed by atoms with E-state index in [2.05, 4.69) is 37.3 Å². The molecule has 8 nitrogen and oxygen atoms in total. The Bertz CT molecular complexity index is 664. The second kappa shape index (κ2) is 6.41. The number of piperidine rings is 1. The molecule has 124 valence electrons. The summed E-state index contributed by atoms with van der Waals surface area (Å²) in [5, 5.41) is 6.99. The quantitative estimate of drug-likeness (QED) is 0.878. The normalized spacial score (nSPS) is 16.5. The van der Waals surface area contributed by atoms with Crippen LogP contribution in [0.15, 0.2) is 16.9 Å². The Morgan fingerprint density at radius 1 is 1.35 bits per heavy atom. The lowest BCUT2D eigenvalue weighted by molar-refractivity contribution is 0.252. The van der Waals surface area contributed by atoms with E-state index in [1.165, 1.54) is 6.33 Å². The zero-order chi connectivity index (χ0) is 16.4. The van der Waals surface area contributed by atoms with Gasteiger partial charge in [-0.15, -0.1) is 0 Å². The zero-order valence-corrected chi connectivity index (χ0v) is 13.8. The van der Waals surface area contributed by atoms with Crippen LogP contribution >= 0.6 is 0 Å². The maximum absolute atomic E-state index is 6.27. The molecule has 3 rings (SSSR count). The van der Waals surface area contributed by atoms with Crippen molar-refractivity contribution in [2.24, 2.45) is 0 Å². The molecular formula is C15H23N7O.